The van der Waals surface area contributed by atoms with Crippen LogP contribution in [0.25, 0.3) is 0 Å². The number of carbonyl (C=O) groups excluding carboxylic acids is 4. The lowest BCUT2D eigenvalue weighted by Gasteiger charge is -2.37. The van der Waals surface area contributed by atoms with Crippen LogP contribution in [0.1, 0.15) is 49.4 Å². The first-order chi connectivity index (χ1) is 25.0. The Morgan fingerprint density at radius 1 is 0.962 bits per heavy atom. The minimum atomic E-state index is -3.64. The third-order valence-electron chi connectivity index (χ3n) is 10.8. The van der Waals surface area contributed by atoms with Crippen LogP contribution in [0.3, 0.4) is 0 Å². The lowest BCUT2D eigenvalue weighted by molar-refractivity contribution is -0.151. The zero-order chi connectivity index (χ0) is 38.4. The van der Waals surface area contributed by atoms with Crippen molar-refractivity contribution in [2.45, 2.75) is 95.3 Å². The molecule has 282 valence electrons. The van der Waals surface area contributed by atoms with E-state index >= 15 is 4.11 Å². The third-order valence-corrected chi connectivity index (χ3v) is 13.3. The maximum absolute atomic E-state index is 16.6. The number of nitrogens with one attached hydrogen (secondary N) is 2. The van der Waals surface area contributed by atoms with Crippen LogP contribution in [-0.4, -0.2) is 83.2 Å². The smallest absolute Gasteiger partial charge is 0.264 e. The molecule has 3 heterocycles. The Morgan fingerprint density at radius 2 is 1.57 bits per heavy atom. The Kier molecular flexibility index (Phi) is 10.6. The zero-order valence-corrected chi connectivity index (χ0v) is 31.5. The van der Waals surface area contributed by atoms with E-state index < -0.39 is 67.5 Å². The third kappa shape index (κ3) is 7.25. The zero-order valence-electron chi connectivity index (χ0n) is 30.5. The Bertz CT molecular complexity index is 1900. The van der Waals surface area contributed by atoms with E-state index in [2.05, 4.69) is 10.6 Å². The number of fused-ring (bicyclic) bond motifs is 3. The van der Waals surface area contributed by atoms with E-state index in [0.717, 1.165) is 11.1 Å². The van der Waals surface area contributed by atoms with Crippen molar-refractivity contribution < 1.29 is 43.3 Å². The van der Waals surface area contributed by atoms with Gasteiger partial charge in [0, 0.05) is 34.9 Å². The van der Waals surface area contributed by atoms with Crippen LogP contribution in [0.4, 0.5) is 21.2 Å². The maximum atomic E-state index is 16.6. The molecule has 3 aliphatic heterocycles. The molecule has 1 fully saturated rings. The summed E-state index contributed by atoms with van der Waals surface area (Å²) in [5, 5.41) is 35.0. The van der Waals surface area contributed by atoms with Crippen molar-refractivity contribution in [1.82, 2.24) is 4.90 Å². The summed E-state index contributed by atoms with van der Waals surface area (Å²) in [6, 6.07) is 19.0. The van der Waals surface area contributed by atoms with Crippen molar-refractivity contribution in [3.63, 3.8) is 0 Å². The highest BCUT2D eigenvalue weighted by Gasteiger charge is 2.67. The molecule has 3 aliphatic rings. The van der Waals surface area contributed by atoms with Gasteiger partial charge in [-0.1, -0.05) is 43.3 Å². The summed E-state index contributed by atoms with van der Waals surface area (Å²) >= 11 is 0. The number of anilines is 3. The van der Waals surface area contributed by atoms with Crippen LogP contribution in [0.2, 0.25) is 18.6 Å². The average Bonchev–Trinajstić information content (AvgIpc) is 3.53. The molecule has 1 spiro atoms. The summed E-state index contributed by atoms with van der Waals surface area (Å²) in [5.41, 5.74) is 1.92. The first-order valence-electron chi connectivity index (χ1n) is 17.9. The molecule has 12 nitrogen and oxygen atoms in total. The molecule has 0 aromatic heterocycles. The van der Waals surface area contributed by atoms with E-state index in [1.807, 2.05) is 24.3 Å². The summed E-state index contributed by atoms with van der Waals surface area (Å²) in [6.45, 7) is 7.72. The second kappa shape index (κ2) is 14.7. The summed E-state index contributed by atoms with van der Waals surface area (Å²) in [5.74, 6) is -2.68. The second-order valence-corrected chi connectivity index (χ2v) is 18.8. The molecule has 6 rings (SSSR count). The van der Waals surface area contributed by atoms with Gasteiger partial charge >= 0.3 is 0 Å². The molecule has 53 heavy (non-hydrogen) atoms. The molecule has 5 N–H and O–H groups in total. The molecule has 0 saturated carbocycles. The van der Waals surface area contributed by atoms with Gasteiger partial charge in [-0.15, -0.1) is 0 Å². The van der Waals surface area contributed by atoms with Gasteiger partial charge in [0.15, 0.2) is 5.60 Å². The van der Waals surface area contributed by atoms with E-state index in [4.69, 9.17) is 4.74 Å². The summed E-state index contributed by atoms with van der Waals surface area (Å²) in [4.78, 5) is 56.7. The highest BCUT2D eigenvalue weighted by atomic mass is 28.4. The van der Waals surface area contributed by atoms with E-state index in [-0.39, 0.29) is 32.0 Å². The summed E-state index contributed by atoms with van der Waals surface area (Å²) in [6.07, 6.45) is -3.18. The molecule has 0 aliphatic carbocycles. The number of hydrogen-bond donors (Lipinski definition) is 5. The molecule has 4 amide bonds. The first-order valence-corrected chi connectivity index (χ1v) is 20.9. The average molecular weight is 747 g/mol. The number of nitrogens with zero attached hydrogens (tertiary/aromatic N) is 2. The van der Waals surface area contributed by atoms with Crippen molar-refractivity contribution in [3.05, 3.63) is 89.0 Å². The monoisotopic (exact) mass is 746 g/mol. The van der Waals surface area contributed by atoms with Crippen molar-refractivity contribution in [2.75, 3.05) is 22.1 Å². The van der Waals surface area contributed by atoms with Crippen LogP contribution in [0, 0.1) is 5.92 Å². The molecular weight excluding hydrogens is 700 g/mol. The van der Waals surface area contributed by atoms with Gasteiger partial charge in [0.1, 0.15) is 12.2 Å². The molecule has 3 aromatic carbocycles. The number of benzene rings is 3. The van der Waals surface area contributed by atoms with Crippen LogP contribution < -0.4 is 15.5 Å². The second-order valence-electron chi connectivity index (χ2n) is 15.0. The molecule has 3 aromatic rings. The summed E-state index contributed by atoms with van der Waals surface area (Å²) in [7, 11) is -3.64. The number of carbonyl (C=O) groups is 4. The molecular formula is C39H47FN4O8Si. The fourth-order valence-electron chi connectivity index (χ4n) is 8.18. The Labute approximate surface area is 309 Å². The molecule has 0 bridgehead atoms. The number of ether oxygens (including phenoxy) is 1. The SMILES string of the molecule is C[C@H](O)C(=O)Nc1ccc(CN2C(=O)[C@]3(O[C@H](CC(=O)N4Cc5ccccc5C[C@H]4CO)[C@@H]([Si](C)(C)F)[C@@H]3C)c3cc(NC(=O)[C@H](C)O)ccc32)cc1. The topological polar surface area (TPSA) is 169 Å². The number of rotatable bonds is 10. The standard InChI is InChI=1S/C39H47FN4O8Si/c1-22-35(53(4,5)40)33(18-34(48)43-20-27-9-7-6-8-26(27)16-30(43)21-45)52-39(22)31-17-29(42-37(50)24(3)47)14-15-32(31)44(38(39)51)19-25-10-12-28(13-11-25)41-36(49)23(2)46/h6-15,17,22-24,30,33,35,45-47H,16,18-21H2,1-5H3,(H,41,49)(H,42,50)/t22-,23-,24-,30-,33+,35-,39+/m0/s1. The van der Waals surface area contributed by atoms with E-state index in [9.17, 15) is 34.5 Å². The maximum Gasteiger partial charge on any atom is 0.264 e. The van der Waals surface area contributed by atoms with E-state index in [1.165, 1.54) is 13.8 Å². The number of amides is 4. The minimum absolute atomic E-state index is 0.0871. The molecule has 7 atom stereocenters. The number of halogens is 1. The van der Waals surface area contributed by atoms with Crippen LogP contribution in [0.15, 0.2) is 66.7 Å². The molecule has 0 unspecified atom stereocenters. The van der Waals surface area contributed by atoms with Crippen LogP contribution in [0.5, 0.6) is 0 Å². The normalized spacial score (nSPS) is 24.8. The van der Waals surface area contributed by atoms with Crippen molar-refractivity contribution in [2.24, 2.45) is 5.92 Å². The first kappa shape index (κ1) is 38.3. The quantitative estimate of drug-likeness (QED) is 0.153. The Morgan fingerprint density at radius 3 is 2.17 bits per heavy atom. The van der Waals surface area contributed by atoms with Gasteiger partial charge in [-0.05, 0) is 80.4 Å². The molecule has 0 radical (unpaired) electrons. The largest absolute Gasteiger partial charge is 0.394 e. The van der Waals surface area contributed by atoms with Crippen LogP contribution in [-0.2, 0) is 49.0 Å². The Balaban J connectivity index is 1.36. The van der Waals surface area contributed by atoms with E-state index in [0.29, 0.717) is 34.6 Å². The lowest BCUT2D eigenvalue weighted by Crippen LogP contribution is -2.48. The van der Waals surface area contributed by atoms with Gasteiger partial charge < -0.3 is 44.6 Å². The van der Waals surface area contributed by atoms with Crippen molar-refractivity contribution >= 4 is 49.1 Å². The van der Waals surface area contributed by atoms with Crippen LogP contribution >= 0.6 is 0 Å². The molecule has 14 heteroatoms. The highest BCUT2D eigenvalue weighted by molar-refractivity contribution is 6.72. The number of aliphatic hydroxyl groups is 3. The predicted molar refractivity (Wildman–Crippen MR) is 199 cm³/mol. The van der Waals surface area contributed by atoms with Crippen molar-refractivity contribution in [3.8, 4) is 0 Å². The number of aliphatic hydroxyl groups excluding tert-OH is 3. The molecule has 1 saturated heterocycles. The predicted octanol–water partition coefficient (Wildman–Crippen LogP) is 3.98. The van der Waals surface area contributed by atoms with Gasteiger partial charge in [-0.3, -0.25) is 19.2 Å². The fraction of sp³-hybridized carbons (Fsp3) is 0.436. The summed E-state index contributed by atoms with van der Waals surface area (Å²) < 4.78 is 23.4. The van der Waals surface area contributed by atoms with Gasteiger partial charge in [-0.2, -0.15) is 0 Å². The van der Waals surface area contributed by atoms with Gasteiger partial charge in [0.05, 0.1) is 37.4 Å². The Hall–Kier alpha value is -4.47. The minimum Gasteiger partial charge on any atom is -0.394 e. The lowest BCUT2D eigenvalue weighted by atomic mass is 9.82. The number of hydrogen-bond acceptors (Lipinski definition) is 8. The van der Waals surface area contributed by atoms with Gasteiger partial charge in [0.25, 0.3) is 17.7 Å². The fourth-order valence-corrected chi connectivity index (χ4v) is 10.7. The highest BCUT2D eigenvalue weighted by Crippen LogP contribution is 2.60. The van der Waals surface area contributed by atoms with Gasteiger partial charge in [0.2, 0.25) is 14.3 Å². The van der Waals surface area contributed by atoms with Gasteiger partial charge in [-0.25, -0.2) is 0 Å². The van der Waals surface area contributed by atoms with Crippen molar-refractivity contribution in [1.29, 1.82) is 0 Å². The van der Waals surface area contributed by atoms with E-state index in [1.54, 1.807) is 72.3 Å².